The first-order valence-electron chi connectivity index (χ1n) is 6.30. The van der Waals surface area contributed by atoms with Gasteiger partial charge >= 0.3 is 5.97 Å². The van der Waals surface area contributed by atoms with Crippen molar-refractivity contribution in [2.45, 2.75) is 18.9 Å². The van der Waals surface area contributed by atoms with E-state index in [1.165, 1.54) is 0 Å². The number of aliphatic carboxylic acids is 1. The van der Waals surface area contributed by atoms with Crippen molar-refractivity contribution >= 4 is 50.7 Å². The smallest absolute Gasteiger partial charge is 0.311 e. The Morgan fingerprint density at radius 1 is 1.57 bits per heavy atom. The van der Waals surface area contributed by atoms with Gasteiger partial charge in [0.05, 0.1) is 12.5 Å². The van der Waals surface area contributed by atoms with Gasteiger partial charge in [-0.3, -0.25) is 4.79 Å². The van der Waals surface area contributed by atoms with E-state index in [2.05, 4.69) is 30.4 Å². The molecule has 1 aromatic heterocycles. The van der Waals surface area contributed by atoms with Crippen LogP contribution in [0.4, 0.5) is 5.69 Å². The van der Waals surface area contributed by atoms with Gasteiger partial charge in [-0.15, -0.1) is 5.10 Å². The molecule has 2 aromatic rings. The molecular formula is C13H11BrClN3O2S. The highest BCUT2D eigenvalue weighted by molar-refractivity contribution is 9.10. The first-order valence-corrected chi connectivity index (χ1v) is 8.24. The zero-order valence-electron chi connectivity index (χ0n) is 10.8. The highest BCUT2D eigenvalue weighted by atomic mass is 79.9. The second-order valence-corrected chi connectivity index (χ2v) is 7.07. The van der Waals surface area contributed by atoms with E-state index in [0.29, 0.717) is 23.8 Å². The molecule has 0 saturated heterocycles. The molecule has 0 saturated carbocycles. The predicted molar refractivity (Wildman–Crippen MR) is 85.1 cm³/mol. The molecule has 1 aliphatic rings. The average molecular weight is 389 g/mol. The van der Waals surface area contributed by atoms with Crippen LogP contribution in [0.1, 0.15) is 23.6 Å². The fraction of sp³-hybridized carbons (Fsp3) is 0.308. The number of hydrogen-bond donors (Lipinski definition) is 1. The maximum Gasteiger partial charge on any atom is 0.311 e. The van der Waals surface area contributed by atoms with Gasteiger partial charge < -0.3 is 10.0 Å². The fourth-order valence-corrected chi connectivity index (χ4v) is 3.54. The van der Waals surface area contributed by atoms with Crippen LogP contribution in [0.2, 0.25) is 4.34 Å². The molecule has 0 unspecified atom stereocenters. The van der Waals surface area contributed by atoms with Crippen molar-refractivity contribution in [1.82, 2.24) is 9.59 Å². The second-order valence-electron chi connectivity index (χ2n) is 4.80. The molecule has 1 atom stereocenters. The Morgan fingerprint density at radius 2 is 2.38 bits per heavy atom. The van der Waals surface area contributed by atoms with Crippen LogP contribution in [0.15, 0.2) is 22.7 Å². The molecule has 0 amide bonds. The summed E-state index contributed by atoms with van der Waals surface area (Å²) >= 11 is 10.6. The number of carbonyl (C=O) groups is 1. The van der Waals surface area contributed by atoms with Gasteiger partial charge in [-0.1, -0.05) is 32.0 Å². The van der Waals surface area contributed by atoms with Crippen LogP contribution in [0.5, 0.6) is 0 Å². The lowest BCUT2D eigenvalue weighted by Gasteiger charge is -2.34. The minimum absolute atomic E-state index is 0.474. The summed E-state index contributed by atoms with van der Waals surface area (Å²) in [5.41, 5.74) is 2.47. The van der Waals surface area contributed by atoms with Crippen molar-refractivity contribution in [3.05, 3.63) is 38.3 Å². The third kappa shape index (κ3) is 2.90. The van der Waals surface area contributed by atoms with Crippen LogP contribution in [-0.2, 0) is 11.3 Å². The van der Waals surface area contributed by atoms with E-state index in [9.17, 15) is 9.90 Å². The Kier molecular flexibility index (Phi) is 4.14. The molecule has 1 aliphatic heterocycles. The number of nitrogens with zero attached hydrogens (tertiary/aromatic N) is 3. The lowest BCUT2D eigenvalue weighted by molar-refractivity contribution is -0.139. The lowest BCUT2D eigenvalue weighted by Crippen LogP contribution is -2.33. The summed E-state index contributed by atoms with van der Waals surface area (Å²) in [5.74, 6) is -1.26. The van der Waals surface area contributed by atoms with Crippen molar-refractivity contribution < 1.29 is 9.90 Å². The normalized spacial score (nSPS) is 17.6. The number of halogens is 2. The minimum Gasteiger partial charge on any atom is -0.481 e. The Bertz CT molecular complexity index is 694. The molecular weight excluding hydrogens is 378 g/mol. The SMILES string of the molecule is O=C(O)[C@@H]1CCN(Cc2nnsc2Cl)c2ccc(Br)cc21. The van der Waals surface area contributed by atoms with Crippen molar-refractivity contribution in [3.63, 3.8) is 0 Å². The molecule has 0 spiro atoms. The summed E-state index contributed by atoms with van der Waals surface area (Å²) in [7, 11) is 0. The summed E-state index contributed by atoms with van der Waals surface area (Å²) in [5, 5.41) is 13.4. The molecule has 5 nitrogen and oxygen atoms in total. The van der Waals surface area contributed by atoms with Gasteiger partial charge in [-0.25, -0.2) is 0 Å². The molecule has 1 N–H and O–H groups in total. The standard InChI is InChI=1S/C13H11BrClN3O2S/c14-7-1-2-11-9(5-7)8(13(19)20)3-4-18(11)6-10-12(15)21-17-16-10/h1-2,5,8H,3-4,6H2,(H,19,20)/t8-/m1/s1. The van der Waals surface area contributed by atoms with Crippen molar-refractivity contribution in [2.75, 3.05) is 11.4 Å². The quantitative estimate of drug-likeness (QED) is 0.871. The van der Waals surface area contributed by atoms with Crippen LogP contribution in [-0.4, -0.2) is 27.2 Å². The van der Waals surface area contributed by atoms with E-state index in [0.717, 1.165) is 32.9 Å². The molecule has 0 aliphatic carbocycles. The zero-order chi connectivity index (χ0) is 15.0. The Hall–Kier alpha value is -1.18. The van der Waals surface area contributed by atoms with Crippen LogP contribution in [0.25, 0.3) is 0 Å². The third-order valence-electron chi connectivity index (χ3n) is 3.54. The number of benzene rings is 1. The van der Waals surface area contributed by atoms with Crippen molar-refractivity contribution in [1.29, 1.82) is 0 Å². The first kappa shape index (κ1) is 14.7. The monoisotopic (exact) mass is 387 g/mol. The van der Waals surface area contributed by atoms with Crippen molar-refractivity contribution in [2.24, 2.45) is 0 Å². The van der Waals surface area contributed by atoms with Gasteiger partial charge in [-0.2, -0.15) is 0 Å². The number of carboxylic acids is 1. The largest absolute Gasteiger partial charge is 0.481 e. The highest BCUT2D eigenvalue weighted by Crippen LogP contribution is 2.38. The van der Waals surface area contributed by atoms with Gasteiger partial charge in [0, 0.05) is 28.2 Å². The molecule has 110 valence electrons. The van der Waals surface area contributed by atoms with Gasteiger partial charge in [0.1, 0.15) is 10.0 Å². The maximum atomic E-state index is 11.4. The highest BCUT2D eigenvalue weighted by Gasteiger charge is 2.30. The van der Waals surface area contributed by atoms with E-state index < -0.39 is 11.9 Å². The van der Waals surface area contributed by atoms with Crippen LogP contribution < -0.4 is 4.90 Å². The number of carboxylic acid groups (broad SMARTS) is 1. The minimum atomic E-state index is -0.789. The predicted octanol–water partition coefficient (Wildman–Crippen LogP) is 3.53. The summed E-state index contributed by atoms with van der Waals surface area (Å²) in [4.78, 5) is 13.5. The van der Waals surface area contributed by atoms with E-state index in [1.807, 2.05) is 18.2 Å². The van der Waals surface area contributed by atoms with Crippen LogP contribution >= 0.6 is 39.1 Å². The molecule has 0 fully saturated rings. The summed E-state index contributed by atoms with van der Waals surface area (Å²) < 4.78 is 5.29. The summed E-state index contributed by atoms with van der Waals surface area (Å²) in [6, 6.07) is 5.72. The molecule has 0 bridgehead atoms. The lowest BCUT2D eigenvalue weighted by atomic mass is 9.90. The van der Waals surface area contributed by atoms with Crippen LogP contribution in [0, 0.1) is 0 Å². The number of aromatic nitrogens is 2. The molecule has 1 aromatic carbocycles. The molecule has 2 heterocycles. The van der Waals surface area contributed by atoms with Gasteiger partial charge in [0.2, 0.25) is 0 Å². The molecule has 8 heteroatoms. The average Bonchev–Trinajstić information content (AvgIpc) is 2.84. The molecule has 3 rings (SSSR count). The maximum absolute atomic E-state index is 11.4. The first-order chi connectivity index (χ1) is 10.1. The van der Waals surface area contributed by atoms with Gasteiger partial charge in [0.15, 0.2) is 0 Å². The zero-order valence-corrected chi connectivity index (χ0v) is 14.0. The van der Waals surface area contributed by atoms with Gasteiger partial charge in [-0.05, 0) is 30.2 Å². The number of anilines is 1. The molecule has 21 heavy (non-hydrogen) atoms. The van der Waals surface area contributed by atoms with Gasteiger partial charge in [0.25, 0.3) is 0 Å². The Labute approximate surface area is 138 Å². The second kappa shape index (κ2) is 5.90. The number of hydrogen-bond acceptors (Lipinski definition) is 5. The number of rotatable bonds is 3. The van der Waals surface area contributed by atoms with E-state index >= 15 is 0 Å². The van der Waals surface area contributed by atoms with Crippen molar-refractivity contribution in [3.8, 4) is 0 Å². The molecule has 0 radical (unpaired) electrons. The summed E-state index contributed by atoms with van der Waals surface area (Å²) in [6.45, 7) is 1.19. The summed E-state index contributed by atoms with van der Waals surface area (Å²) in [6.07, 6.45) is 0.563. The van der Waals surface area contributed by atoms with E-state index in [1.54, 1.807) is 0 Å². The Morgan fingerprint density at radius 3 is 3.05 bits per heavy atom. The third-order valence-corrected chi connectivity index (χ3v) is 5.02. The Balaban J connectivity index is 1.96. The van der Waals surface area contributed by atoms with E-state index in [4.69, 9.17) is 11.6 Å². The topological polar surface area (TPSA) is 66.3 Å². The fourth-order valence-electron chi connectivity index (χ4n) is 2.55. The van der Waals surface area contributed by atoms with Crippen LogP contribution in [0.3, 0.4) is 0 Å². The number of fused-ring (bicyclic) bond motifs is 1. The van der Waals surface area contributed by atoms with E-state index in [-0.39, 0.29) is 0 Å².